The zero-order valence-electron chi connectivity index (χ0n) is 30.6. The molecule has 5 nitrogen and oxygen atoms in total. The molecular weight excluding hydrogens is 649 g/mol. The Morgan fingerprint density at radius 1 is 0.566 bits per heavy atom. The number of nitrogens with zero attached hydrogens (tertiary/aromatic N) is 4. The Kier molecular flexibility index (Phi) is 7.81. The molecule has 1 aromatic heterocycles. The minimum absolute atomic E-state index is 0.0473. The van der Waals surface area contributed by atoms with E-state index in [2.05, 4.69) is 200 Å². The maximum Gasteiger partial charge on any atom is 0.137 e. The summed E-state index contributed by atoms with van der Waals surface area (Å²) in [6.07, 6.45) is 1.94. The number of hydrogen-bond acceptors (Lipinski definition) is 5. The zero-order valence-corrected chi connectivity index (χ0v) is 30.6. The number of aromatic nitrogens is 1. The molecule has 9 rings (SSSR count). The van der Waals surface area contributed by atoms with Crippen LogP contribution in [0.4, 0.5) is 34.3 Å². The number of anilines is 6. The van der Waals surface area contributed by atoms with E-state index in [-0.39, 0.29) is 5.41 Å². The smallest absolute Gasteiger partial charge is 0.137 e. The first-order valence-corrected chi connectivity index (χ1v) is 18.3. The third kappa shape index (κ3) is 5.43. The van der Waals surface area contributed by atoms with Crippen LogP contribution in [-0.2, 0) is 10.8 Å². The van der Waals surface area contributed by atoms with E-state index in [0.29, 0.717) is 0 Å². The molecule has 2 aliphatic rings. The van der Waals surface area contributed by atoms with Crippen molar-refractivity contribution in [1.29, 1.82) is 0 Å². The molecule has 0 aliphatic carbocycles. The van der Waals surface area contributed by atoms with E-state index in [1.54, 1.807) is 0 Å². The monoisotopic (exact) mass is 690 g/mol. The average Bonchev–Trinajstić information content (AvgIpc) is 3.53. The van der Waals surface area contributed by atoms with Crippen molar-refractivity contribution in [3.8, 4) is 11.5 Å². The van der Waals surface area contributed by atoms with E-state index in [1.807, 2.05) is 12.3 Å². The summed E-state index contributed by atoms with van der Waals surface area (Å²) in [5.41, 5.74) is 11.0. The van der Waals surface area contributed by atoms with Gasteiger partial charge in [-0.3, -0.25) is 4.90 Å². The minimum Gasteiger partial charge on any atom is -0.457 e. The molecule has 0 bridgehead atoms. The van der Waals surface area contributed by atoms with Crippen LogP contribution in [0.5, 0.6) is 11.5 Å². The van der Waals surface area contributed by atoms with Gasteiger partial charge in [0.2, 0.25) is 0 Å². The highest BCUT2D eigenvalue weighted by Crippen LogP contribution is 2.58. The molecule has 0 spiro atoms. The molecule has 7 aromatic rings. The summed E-state index contributed by atoms with van der Waals surface area (Å²) < 4.78 is 6.80. The van der Waals surface area contributed by atoms with Crippen LogP contribution in [0.3, 0.4) is 0 Å². The number of ether oxygens (including phenoxy) is 1. The second-order valence-corrected chi connectivity index (χ2v) is 15.0. The summed E-state index contributed by atoms with van der Waals surface area (Å²) in [6.45, 7) is 7.52. The Bertz CT molecular complexity index is 2400. The van der Waals surface area contributed by atoms with Gasteiger partial charge in [-0.05, 0) is 81.8 Å². The van der Waals surface area contributed by atoms with E-state index in [4.69, 9.17) is 9.72 Å². The molecule has 3 heterocycles. The van der Waals surface area contributed by atoms with Crippen LogP contribution in [0.15, 0.2) is 170 Å². The van der Waals surface area contributed by atoms with Gasteiger partial charge in [-0.1, -0.05) is 124 Å². The van der Waals surface area contributed by atoms with Crippen LogP contribution in [0.25, 0.3) is 0 Å². The van der Waals surface area contributed by atoms with Crippen molar-refractivity contribution in [1.82, 2.24) is 4.98 Å². The number of benzene rings is 6. The molecule has 0 unspecified atom stereocenters. The Morgan fingerprint density at radius 2 is 1.19 bits per heavy atom. The Morgan fingerprint density at radius 3 is 1.91 bits per heavy atom. The van der Waals surface area contributed by atoms with Gasteiger partial charge in [0.15, 0.2) is 0 Å². The summed E-state index contributed by atoms with van der Waals surface area (Å²) in [5, 5.41) is 0. The molecule has 0 radical (unpaired) electrons. The highest BCUT2D eigenvalue weighted by Gasteiger charge is 2.46. The lowest BCUT2D eigenvalue weighted by molar-refractivity contribution is 0.482. The van der Waals surface area contributed by atoms with Crippen LogP contribution < -0.4 is 19.4 Å². The van der Waals surface area contributed by atoms with E-state index in [0.717, 1.165) is 46.6 Å². The fourth-order valence-electron chi connectivity index (χ4n) is 8.21. The molecule has 53 heavy (non-hydrogen) atoms. The summed E-state index contributed by atoms with van der Waals surface area (Å²) in [6, 6.07) is 58.4. The maximum absolute atomic E-state index is 6.80. The molecule has 0 N–H and O–H groups in total. The predicted octanol–water partition coefficient (Wildman–Crippen LogP) is 11.9. The van der Waals surface area contributed by atoms with Gasteiger partial charge in [0.1, 0.15) is 17.3 Å². The van der Waals surface area contributed by atoms with Crippen LogP contribution in [0.1, 0.15) is 48.6 Å². The topological polar surface area (TPSA) is 31.8 Å². The first-order valence-electron chi connectivity index (χ1n) is 18.3. The molecule has 0 atom stereocenters. The lowest BCUT2D eigenvalue weighted by Gasteiger charge is -2.46. The third-order valence-corrected chi connectivity index (χ3v) is 10.7. The van der Waals surface area contributed by atoms with Gasteiger partial charge < -0.3 is 14.5 Å². The second-order valence-electron chi connectivity index (χ2n) is 15.0. The Balaban J connectivity index is 1.24. The van der Waals surface area contributed by atoms with Gasteiger partial charge in [-0.15, -0.1) is 0 Å². The lowest BCUT2D eigenvalue weighted by Crippen LogP contribution is -2.38. The highest BCUT2D eigenvalue weighted by molar-refractivity contribution is 5.89. The van der Waals surface area contributed by atoms with E-state index < -0.39 is 5.41 Å². The van der Waals surface area contributed by atoms with Gasteiger partial charge in [0.05, 0.1) is 34.8 Å². The highest BCUT2D eigenvalue weighted by atomic mass is 16.5. The quantitative estimate of drug-likeness (QED) is 0.173. The van der Waals surface area contributed by atoms with Gasteiger partial charge >= 0.3 is 0 Å². The standard InChI is InChI=1S/C48H42N4O/c1-47(2,3)36-28-29-49-46(30-36)52-42-23-12-11-22-40(42)48(34-16-7-5-8-17-34,35-18-9-6-10-19-35)41-27-26-39(32-45(41)52)53-38-21-15-20-37(31-38)51-33-50(4)43-24-13-14-25-44(43)51/h5-32H,33H2,1-4H3. The number of para-hydroxylation sites is 3. The minimum atomic E-state index is -0.597. The van der Waals surface area contributed by atoms with Gasteiger partial charge in [0, 0.05) is 31.1 Å². The van der Waals surface area contributed by atoms with E-state index in [9.17, 15) is 0 Å². The Hall–Kier alpha value is -6.33. The van der Waals surface area contributed by atoms with Crippen molar-refractivity contribution in [2.45, 2.75) is 31.6 Å². The first-order chi connectivity index (χ1) is 25.8. The fourth-order valence-corrected chi connectivity index (χ4v) is 8.21. The van der Waals surface area contributed by atoms with Gasteiger partial charge in [0.25, 0.3) is 0 Å². The molecule has 0 saturated heterocycles. The van der Waals surface area contributed by atoms with Crippen molar-refractivity contribution in [2.75, 3.05) is 28.4 Å². The molecular formula is C48H42N4O. The number of hydrogen-bond donors (Lipinski definition) is 0. The molecule has 260 valence electrons. The fraction of sp³-hybridized carbons (Fsp3) is 0.146. The molecule has 0 amide bonds. The van der Waals surface area contributed by atoms with Crippen LogP contribution >= 0.6 is 0 Å². The third-order valence-electron chi connectivity index (χ3n) is 10.7. The lowest BCUT2D eigenvalue weighted by atomic mass is 9.62. The van der Waals surface area contributed by atoms with Crippen LogP contribution in [0, 0.1) is 0 Å². The number of fused-ring (bicyclic) bond motifs is 3. The Labute approximate surface area is 312 Å². The SMILES string of the molecule is CN1CN(c2cccc(Oc3ccc4c(c3)N(c3cc(C(C)(C)C)ccn3)c3ccccc3C4(c3ccccc3)c3ccccc3)c2)c2ccccc21. The number of rotatable bonds is 6. The van der Waals surface area contributed by atoms with Crippen LogP contribution in [-0.4, -0.2) is 18.7 Å². The molecule has 2 aliphatic heterocycles. The largest absolute Gasteiger partial charge is 0.457 e. The van der Waals surface area contributed by atoms with Gasteiger partial charge in [-0.2, -0.15) is 0 Å². The molecule has 0 saturated carbocycles. The second kappa shape index (κ2) is 12.7. The predicted molar refractivity (Wildman–Crippen MR) is 218 cm³/mol. The van der Waals surface area contributed by atoms with Crippen LogP contribution in [0.2, 0.25) is 0 Å². The molecule has 5 heteroatoms. The molecule has 0 fully saturated rings. The number of pyridine rings is 1. The van der Waals surface area contributed by atoms with Gasteiger partial charge in [-0.25, -0.2) is 4.98 Å². The summed E-state index contributed by atoms with van der Waals surface area (Å²) in [5.74, 6) is 2.41. The zero-order chi connectivity index (χ0) is 36.2. The first kappa shape index (κ1) is 32.6. The summed E-state index contributed by atoms with van der Waals surface area (Å²) in [4.78, 5) is 12.0. The molecule has 6 aromatic carbocycles. The van der Waals surface area contributed by atoms with Crippen molar-refractivity contribution >= 4 is 34.3 Å². The van der Waals surface area contributed by atoms with Crippen molar-refractivity contribution in [3.63, 3.8) is 0 Å². The summed E-state index contributed by atoms with van der Waals surface area (Å²) >= 11 is 0. The van der Waals surface area contributed by atoms with Crippen molar-refractivity contribution in [2.24, 2.45) is 0 Å². The van der Waals surface area contributed by atoms with Crippen molar-refractivity contribution in [3.05, 3.63) is 198 Å². The van der Waals surface area contributed by atoms with Crippen molar-refractivity contribution < 1.29 is 4.74 Å². The maximum atomic E-state index is 6.80. The summed E-state index contributed by atoms with van der Waals surface area (Å²) in [7, 11) is 2.13. The normalized spacial score (nSPS) is 14.4. The average molecular weight is 691 g/mol. The van der Waals surface area contributed by atoms with E-state index in [1.165, 1.54) is 33.6 Å². The van der Waals surface area contributed by atoms with E-state index >= 15 is 0 Å².